The number of hydrogen-bond acceptors (Lipinski definition) is 6. The topological polar surface area (TPSA) is 60.2 Å². The number of carbonyl (C=O) groups is 1. The minimum Gasteiger partial charge on any atom is -0.375 e. The van der Waals surface area contributed by atoms with Gasteiger partial charge in [0.15, 0.2) is 5.16 Å². The maximum atomic E-state index is 12.7. The number of nitrogens with zero attached hydrogens (tertiary/aromatic N) is 4. The quantitative estimate of drug-likeness (QED) is 0.500. The van der Waals surface area contributed by atoms with E-state index in [1.165, 1.54) is 22.2 Å². The van der Waals surface area contributed by atoms with Crippen LogP contribution < -0.4 is 0 Å². The molecule has 3 heterocycles. The highest BCUT2D eigenvalue weighted by molar-refractivity contribution is 7.99. The first-order valence-electron chi connectivity index (χ1n) is 10.2. The summed E-state index contributed by atoms with van der Waals surface area (Å²) < 4.78 is 7.71. The molecule has 6 nitrogen and oxygen atoms in total. The third-order valence-corrected chi connectivity index (χ3v) is 6.92. The summed E-state index contributed by atoms with van der Waals surface area (Å²) in [6.07, 6.45) is 1.76. The summed E-state index contributed by atoms with van der Waals surface area (Å²) in [6.45, 7) is 4.72. The molecule has 1 aliphatic rings. The fourth-order valence-corrected chi connectivity index (χ4v) is 5.09. The van der Waals surface area contributed by atoms with Gasteiger partial charge >= 0.3 is 0 Å². The molecule has 1 unspecified atom stereocenters. The Kier molecular flexibility index (Phi) is 7.20. The van der Waals surface area contributed by atoms with Gasteiger partial charge in [0.2, 0.25) is 5.91 Å². The fourth-order valence-electron chi connectivity index (χ4n) is 3.50. The van der Waals surface area contributed by atoms with Gasteiger partial charge in [-0.3, -0.25) is 4.79 Å². The number of amides is 1. The number of carbonyl (C=O) groups excluding carboxylic acids is 1. The highest BCUT2D eigenvalue weighted by atomic mass is 32.2. The van der Waals surface area contributed by atoms with Gasteiger partial charge in [-0.05, 0) is 30.4 Å². The Balaban J connectivity index is 1.45. The lowest BCUT2D eigenvalue weighted by Crippen LogP contribution is -2.45. The van der Waals surface area contributed by atoms with Crippen LogP contribution in [0, 0.1) is 0 Å². The minimum atomic E-state index is 0.0969. The average molecular weight is 443 g/mol. The SMILES string of the molecule is CC1CN(C(=O)CSc2nnc(Cc3cccs3)n2CCc2ccccc2)CCO1. The Labute approximate surface area is 185 Å². The lowest BCUT2D eigenvalue weighted by Gasteiger charge is -2.31. The number of thioether (sulfide) groups is 1. The van der Waals surface area contributed by atoms with E-state index in [-0.39, 0.29) is 12.0 Å². The van der Waals surface area contributed by atoms with Gasteiger partial charge in [-0.25, -0.2) is 0 Å². The van der Waals surface area contributed by atoms with E-state index in [4.69, 9.17) is 4.74 Å². The lowest BCUT2D eigenvalue weighted by molar-refractivity contribution is -0.135. The van der Waals surface area contributed by atoms with E-state index in [1.807, 2.05) is 17.9 Å². The zero-order chi connectivity index (χ0) is 20.8. The van der Waals surface area contributed by atoms with E-state index in [1.54, 1.807) is 11.3 Å². The van der Waals surface area contributed by atoms with Gasteiger partial charge in [0.05, 0.1) is 18.5 Å². The molecule has 1 aliphatic heterocycles. The van der Waals surface area contributed by atoms with Crippen molar-refractivity contribution < 1.29 is 9.53 Å². The van der Waals surface area contributed by atoms with E-state index < -0.39 is 0 Å². The molecule has 2 aromatic heterocycles. The molecule has 0 bridgehead atoms. The number of ether oxygens (including phenoxy) is 1. The van der Waals surface area contributed by atoms with Crippen LogP contribution in [-0.4, -0.2) is 57.1 Å². The average Bonchev–Trinajstić information content (AvgIpc) is 3.41. The van der Waals surface area contributed by atoms with E-state index in [0.29, 0.717) is 25.4 Å². The van der Waals surface area contributed by atoms with Gasteiger partial charge in [0, 0.05) is 30.9 Å². The number of morpholine rings is 1. The standard InChI is InChI=1S/C22H26N4O2S2/c1-17-15-25(11-12-28-17)21(27)16-30-22-24-23-20(14-19-8-5-13-29-19)26(22)10-9-18-6-3-2-4-7-18/h2-8,13,17H,9-12,14-16H2,1H3. The number of aromatic nitrogens is 3. The monoisotopic (exact) mass is 442 g/mol. The Morgan fingerprint density at radius 1 is 1.23 bits per heavy atom. The van der Waals surface area contributed by atoms with Gasteiger partial charge < -0.3 is 14.2 Å². The summed E-state index contributed by atoms with van der Waals surface area (Å²) in [5.74, 6) is 1.45. The van der Waals surface area contributed by atoms with Crippen LogP contribution in [0.1, 0.15) is 23.2 Å². The van der Waals surface area contributed by atoms with Crippen molar-refractivity contribution in [1.29, 1.82) is 0 Å². The van der Waals surface area contributed by atoms with E-state index >= 15 is 0 Å². The number of thiophene rings is 1. The molecule has 1 amide bonds. The molecule has 8 heteroatoms. The van der Waals surface area contributed by atoms with Crippen molar-refractivity contribution >= 4 is 29.0 Å². The van der Waals surface area contributed by atoms with Crippen molar-refractivity contribution in [3.63, 3.8) is 0 Å². The summed E-state index contributed by atoms with van der Waals surface area (Å²) in [4.78, 5) is 15.8. The van der Waals surface area contributed by atoms with Crippen LogP contribution in [-0.2, 0) is 28.9 Å². The molecule has 30 heavy (non-hydrogen) atoms. The molecular formula is C22H26N4O2S2. The molecule has 0 saturated carbocycles. The largest absolute Gasteiger partial charge is 0.375 e. The van der Waals surface area contributed by atoms with Crippen molar-refractivity contribution in [1.82, 2.24) is 19.7 Å². The molecule has 1 aromatic carbocycles. The Morgan fingerprint density at radius 2 is 2.10 bits per heavy atom. The van der Waals surface area contributed by atoms with Crippen molar-refractivity contribution in [3.8, 4) is 0 Å². The van der Waals surface area contributed by atoms with E-state index in [9.17, 15) is 4.79 Å². The van der Waals surface area contributed by atoms with Gasteiger partial charge in [-0.1, -0.05) is 48.2 Å². The van der Waals surface area contributed by atoms with Gasteiger partial charge in [0.25, 0.3) is 0 Å². The van der Waals surface area contributed by atoms with Crippen LogP contribution in [0.3, 0.4) is 0 Å². The highest BCUT2D eigenvalue weighted by Crippen LogP contribution is 2.22. The van der Waals surface area contributed by atoms with Crippen LogP contribution in [0.15, 0.2) is 53.0 Å². The van der Waals surface area contributed by atoms with Crippen LogP contribution in [0.4, 0.5) is 0 Å². The van der Waals surface area contributed by atoms with Gasteiger partial charge in [-0.15, -0.1) is 21.5 Å². The molecule has 1 atom stereocenters. The molecule has 3 aromatic rings. The smallest absolute Gasteiger partial charge is 0.233 e. The summed E-state index contributed by atoms with van der Waals surface area (Å²) in [5, 5.41) is 11.8. The number of hydrogen-bond donors (Lipinski definition) is 0. The molecule has 1 fully saturated rings. The molecule has 0 radical (unpaired) electrons. The zero-order valence-corrected chi connectivity index (χ0v) is 18.7. The molecule has 0 aliphatic carbocycles. The molecule has 0 spiro atoms. The first-order valence-corrected chi connectivity index (χ1v) is 12.1. The summed E-state index contributed by atoms with van der Waals surface area (Å²) in [6, 6.07) is 14.6. The van der Waals surface area contributed by atoms with Crippen LogP contribution in [0.25, 0.3) is 0 Å². The maximum absolute atomic E-state index is 12.7. The molecule has 4 rings (SSSR count). The summed E-state index contributed by atoms with van der Waals surface area (Å²) >= 11 is 3.21. The zero-order valence-electron chi connectivity index (χ0n) is 17.1. The molecule has 158 valence electrons. The van der Waals surface area contributed by atoms with Crippen molar-refractivity contribution in [2.45, 2.75) is 37.6 Å². The highest BCUT2D eigenvalue weighted by Gasteiger charge is 2.22. The van der Waals surface area contributed by atoms with Crippen molar-refractivity contribution in [2.24, 2.45) is 0 Å². The molecular weight excluding hydrogens is 416 g/mol. The first kappa shape index (κ1) is 21.1. The lowest BCUT2D eigenvalue weighted by atomic mass is 10.1. The van der Waals surface area contributed by atoms with Crippen molar-refractivity contribution in [3.05, 3.63) is 64.1 Å². The van der Waals surface area contributed by atoms with Crippen LogP contribution in [0.5, 0.6) is 0 Å². The van der Waals surface area contributed by atoms with E-state index in [0.717, 1.165) is 30.4 Å². The van der Waals surface area contributed by atoms with Crippen LogP contribution in [0.2, 0.25) is 0 Å². The summed E-state index contributed by atoms with van der Waals surface area (Å²) in [7, 11) is 0. The van der Waals surface area contributed by atoms with Gasteiger partial charge in [0.1, 0.15) is 5.82 Å². The maximum Gasteiger partial charge on any atom is 0.233 e. The Morgan fingerprint density at radius 3 is 2.87 bits per heavy atom. The van der Waals surface area contributed by atoms with Crippen molar-refractivity contribution in [2.75, 3.05) is 25.4 Å². The molecule has 0 N–H and O–H groups in total. The Bertz CT molecular complexity index is 943. The minimum absolute atomic E-state index is 0.0969. The summed E-state index contributed by atoms with van der Waals surface area (Å²) in [5.41, 5.74) is 1.28. The second kappa shape index (κ2) is 10.2. The third-order valence-electron chi connectivity index (χ3n) is 5.09. The number of benzene rings is 1. The van der Waals surface area contributed by atoms with E-state index in [2.05, 4.69) is 56.5 Å². The third kappa shape index (κ3) is 5.50. The predicted molar refractivity (Wildman–Crippen MR) is 120 cm³/mol. The second-order valence-corrected chi connectivity index (χ2v) is 9.33. The molecule has 1 saturated heterocycles. The van der Waals surface area contributed by atoms with Crippen LogP contribution >= 0.6 is 23.1 Å². The van der Waals surface area contributed by atoms with Gasteiger partial charge in [-0.2, -0.15) is 0 Å². The number of rotatable bonds is 8. The Hall–Kier alpha value is -2.16. The normalized spacial score (nSPS) is 16.7. The second-order valence-electron chi connectivity index (χ2n) is 7.35. The fraction of sp³-hybridized carbons (Fsp3) is 0.409. The number of aryl methyl sites for hydroxylation is 1. The predicted octanol–water partition coefficient (Wildman–Crippen LogP) is 3.51. The first-order chi connectivity index (χ1) is 14.7.